The number of halogens is 6. The molecule has 0 aliphatic carbocycles. The summed E-state index contributed by atoms with van der Waals surface area (Å²) in [6, 6.07) is 25.5. The largest absolute Gasteiger partial charge is 0.493 e. The predicted octanol–water partition coefficient (Wildman–Crippen LogP) is 9.78. The van der Waals surface area contributed by atoms with Gasteiger partial charge < -0.3 is 38.7 Å². The summed E-state index contributed by atoms with van der Waals surface area (Å²) in [6.45, 7) is 0.389. The van der Waals surface area contributed by atoms with Gasteiger partial charge in [-0.05, 0) is 40.2 Å². The SMILES string of the molecule is COc1cc(C(=O)C2CN=C(c3ccccc3)N2)cc(OC)c1OC.COc1cc(C(=O)c2cnc(-c3ccccc3)[nH]2)cc(OC)c1OC.ClC(Cl)(Cl)Br.ClCCl. The minimum Gasteiger partial charge on any atom is -0.493 e. The molecule has 58 heavy (non-hydrogen) atoms. The van der Waals surface area contributed by atoms with Crippen molar-refractivity contribution in [2.45, 2.75) is 8.74 Å². The van der Waals surface area contributed by atoms with E-state index in [1.54, 1.807) is 24.3 Å². The number of nitrogens with zero attached hydrogens (tertiary/aromatic N) is 2. The molecule has 0 bridgehead atoms. The topological polar surface area (TPSA) is 143 Å². The molecular formula is C40H40BrCl5N4O8. The Kier molecular flexibility index (Phi) is 19.8. The number of H-pyrrole nitrogens is 1. The number of aliphatic imine (C=N–C) groups is 1. The molecule has 1 unspecified atom stereocenters. The average Bonchev–Trinajstić information content (AvgIpc) is 3.94. The third kappa shape index (κ3) is 13.9. The van der Waals surface area contributed by atoms with Crippen molar-refractivity contribution >= 4 is 91.3 Å². The number of imidazole rings is 1. The number of hydrogen-bond acceptors (Lipinski definition) is 11. The molecule has 310 valence electrons. The number of carbonyl (C=O) groups excluding carboxylic acids is 2. The molecule has 12 nitrogen and oxygen atoms in total. The number of hydrogen-bond donors (Lipinski definition) is 2. The van der Waals surface area contributed by atoms with Crippen molar-refractivity contribution < 1.29 is 38.0 Å². The van der Waals surface area contributed by atoms with Crippen LogP contribution in [0.2, 0.25) is 0 Å². The molecule has 2 heterocycles. The van der Waals surface area contributed by atoms with Crippen molar-refractivity contribution in [1.82, 2.24) is 15.3 Å². The lowest BCUT2D eigenvalue weighted by atomic mass is 10.0. The molecule has 5 aromatic rings. The van der Waals surface area contributed by atoms with Gasteiger partial charge in [0.05, 0.1) is 60.7 Å². The third-order valence-corrected chi connectivity index (χ3v) is 7.85. The number of Topliss-reactive ketones (excluding diaryl/α,β-unsaturated/α-hetero) is 1. The van der Waals surface area contributed by atoms with Gasteiger partial charge in [-0.3, -0.25) is 14.6 Å². The van der Waals surface area contributed by atoms with Crippen molar-refractivity contribution in [2.75, 3.05) is 54.5 Å². The normalized spacial score (nSPS) is 12.7. The summed E-state index contributed by atoms with van der Waals surface area (Å²) in [5.74, 6) is 3.73. The van der Waals surface area contributed by atoms with Crippen LogP contribution in [0.15, 0.2) is 96.1 Å². The van der Waals surface area contributed by atoms with Gasteiger partial charge in [-0.2, -0.15) is 0 Å². The number of ketones is 2. The Bertz CT molecular complexity index is 2060. The molecule has 0 spiro atoms. The van der Waals surface area contributed by atoms with Gasteiger partial charge in [0.1, 0.15) is 23.4 Å². The summed E-state index contributed by atoms with van der Waals surface area (Å²) >= 11 is 27.1. The zero-order valence-electron chi connectivity index (χ0n) is 32.1. The summed E-state index contributed by atoms with van der Waals surface area (Å²) < 4.78 is 30.5. The lowest BCUT2D eigenvalue weighted by Gasteiger charge is -2.16. The Morgan fingerprint density at radius 1 is 0.707 bits per heavy atom. The Hall–Kier alpha value is -4.37. The van der Waals surface area contributed by atoms with E-state index in [-0.39, 0.29) is 16.9 Å². The number of ether oxygens (including phenoxy) is 6. The maximum Gasteiger partial charge on any atom is 0.245 e. The fraction of sp³-hybridized carbons (Fsp3) is 0.250. The second-order valence-corrected chi connectivity index (χ2v) is 17.0. The Balaban J connectivity index is 0.000000262. The number of carbonyl (C=O) groups is 2. The van der Waals surface area contributed by atoms with E-state index < -0.39 is 8.74 Å². The smallest absolute Gasteiger partial charge is 0.245 e. The van der Waals surface area contributed by atoms with E-state index in [2.05, 4.69) is 36.2 Å². The van der Waals surface area contributed by atoms with Crippen molar-refractivity contribution in [2.24, 2.45) is 4.99 Å². The van der Waals surface area contributed by atoms with Crippen molar-refractivity contribution in [3.63, 3.8) is 0 Å². The lowest BCUT2D eigenvalue weighted by Crippen LogP contribution is -2.37. The number of benzene rings is 4. The average molecular weight is 962 g/mol. The van der Waals surface area contributed by atoms with Crippen LogP contribution in [-0.4, -0.2) is 90.7 Å². The molecule has 2 N–H and O–H groups in total. The van der Waals surface area contributed by atoms with Gasteiger partial charge in [-0.1, -0.05) is 95.5 Å². The van der Waals surface area contributed by atoms with Crippen LogP contribution in [0.3, 0.4) is 0 Å². The van der Waals surface area contributed by atoms with Gasteiger partial charge in [0.2, 0.25) is 20.0 Å². The standard InChI is InChI=1S/C19H20N2O4.C19H18N2O4.CBrCl3.CH2Cl2/c2*1-23-15-9-13(10-16(24-2)18(15)25-3)17(22)14-11-20-19(21-14)12-7-5-4-6-8-12;2-1(3,4)5;2-1-3/h4-10,14H,11H2,1-3H3,(H,20,21);4-11H,1-3H3,(H,20,21);;1H2. The number of alkyl halides is 6. The predicted molar refractivity (Wildman–Crippen MR) is 235 cm³/mol. The zero-order chi connectivity index (χ0) is 42.8. The highest BCUT2D eigenvalue weighted by molar-refractivity contribution is 9.11. The van der Waals surface area contributed by atoms with Crippen LogP contribution < -0.4 is 33.7 Å². The first-order valence-corrected chi connectivity index (χ1v) is 19.8. The van der Waals surface area contributed by atoms with Gasteiger partial charge in [0.25, 0.3) is 0 Å². The maximum absolute atomic E-state index is 12.9. The van der Waals surface area contributed by atoms with Crippen LogP contribution in [0.25, 0.3) is 11.4 Å². The Morgan fingerprint density at radius 3 is 1.53 bits per heavy atom. The van der Waals surface area contributed by atoms with E-state index in [0.29, 0.717) is 63.7 Å². The maximum atomic E-state index is 12.9. The van der Waals surface area contributed by atoms with Gasteiger partial charge in [-0.15, -0.1) is 23.2 Å². The van der Waals surface area contributed by atoms with E-state index in [9.17, 15) is 9.59 Å². The first-order valence-electron chi connectivity index (χ1n) is 16.8. The molecule has 4 aromatic carbocycles. The minimum atomic E-state index is -1.27. The summed E-state index contributed by atoms with van der Waals surface area (Å²) in [5.41, 5.74) is 3.15. The van der Waals surface area contributed by atoms with Gasteiger partial charge in [-0.25, -0.2) is 4.98 Å². The first kappa shape index (κ1) is 48.0. The summed E-state index contributed by atoms with van der Waals surface area (Å²) in [6.07, 6.45) is 1.52. The fourth-order valence-corrected chi connectivity index (χ4v) is 5.33. The highest BCUT2D eigenvalue weighted by Gasteiger charge is 2.28. The monoisotopic (exact) mass is 958 g/mol. The third-order valence-electron chi connectivity index (χ3n) is 7.85. The van der Waals surface area contributed by atoms with Crippen LogP contribution in [0.5, 0.6) is 34.5 Å². The number of rotatable bonds is 12. The van der Waals surface area contributed by atoms with Crippen molar-refractivity contribution in [1.29, 1.82) is 0 Å². The zero-order valence-corrected chi connectivity index (χ0v) is 37.4. The molecular weight excluding hydrogens is 922 g/mol. The van der Waals surface area contributed by atoms with Crippen LogP contribution >= 0.6 is 73.9 Å². The number of methoxy groups -OCH3 is 6. The van der Waals surface area contributed by atoms with E-state index in [4.69, 9.17) is 86.4 Å². The van der Waals surface area contributed by atoms with Crippen molar-refractivity contribution in [3.05, 3.63) is 114 Å². The lowest BCUT2D eigenvalue weighted by molar-refractivity contribution is 0.0958. The number of amidine groups is 1. The molecule has 1 aliphatic heterocycles. The van der Waals surface area contributed by atoms with Crippen LogP contribution in [-0.2, 0) is 0 Å². The second kappa shape index (κ2) is 23.9. The number of aromatic nitrogens is 2. The number of aromatic amines is 1. The molecule has 18 heteroatoms. The van der Waals surface area contributed by atoms with Crippen LogP contribution in [0.1, 0.15) is 32.0 Å². The quantitative estimate of drug-likeness (QED) is 0.0917. The van der Waals surface area contributed by atoms with Gasteiger partial charge >= 0.3 is 0 Å². The molecule has 0 saturated heterocycles. The summed E-state index contributed by atoms with van der Waals surface area (Å²) in [4.78, 5) is 37.5. The van der Waals surface area contributed by atoms with Crippen molar-refractivity contribution in [3.8, 4) is 45.9 Å². The Morgan fingerprint density at radius 2 is 1.12 bits per heavy atom. The highest BCUT2D eigenvalue weighted by atomic mass is 79.9. The Labute approximate surface area is 370 Å². The fourth-order valence-electron chi connectivity index (χ4n) is 5.33. The summed E-state index contributed by atoms with van der Waals surface area (Å²) in [7, 11) is 9.11. The summed E-state index contributed by atoms with van der Waals surface area (Å²) in [5, 5.41) is 3.39. The van der Waals surface area contributed by atoms with E-state index in [1.165, 1.54) is 48.9 Å². The first-order chi connectivity index (χ1) is 27.8. The minimum absolute atomic E-state index is 0.0751. The second-order valence-electron chi connectivity index (χ2n) is 11.3. The van der Waals surface area contributed by atoms with E-state index >= 15 is 0 Å². The van der Waals surface area contributed by atoms with Crippen LogP contribution in [0, 0.1) is 0 Å². The van der Waals surface area contributed by atoms with E-state index in [0.717, 1.165) is 17.0 Å². The molecule has 6 rings (SSSR count). The van der Waals surface area contributed by atoms with Gasteiger partial charge in [0.15, 0.2) is 28.8 Å². The molecule has 0 saturated carbocycles. The molecule has 1 atom stereocenters. The van der Waals surface area contributed by atoms with E-state index in [1.807, 2.05) is 60.7 Å². The molecule has 0 fully saturated rings. The number of nitrogens with one attached hydrogen (secondary N) is 2. The molecule has 1 aromatic heterocycles. The molecule has 1 aliphatic rings. The van der Waals surface area contributed by atoms with Gasteiger partial charge in [0, 0.05) is 22.3 Å². The molecule has 0 radical (unpaired) electrons. The molecule has 0 amide bonds. The highest BCUT2D eigenvalue weighted by Crippen LogP contribution is 2.40. The van der Waals surface area contributed by atoms with Crippen LogP contribution in [0.4, 0.5) is 0 Å².